The Hall–Kier alpha value is -1.92. The van der Waals surface area contributed by atoms with Crippen molar-refractivity contribution in [3.05, 3.63) is 35.5 Å². The van der Waals surface area contributed by atoms with Crippen molar-refractivity contribution in [3.63, 3.8) is 0 Å². The number of hydrogen-bond donors (Lipinski definition) is 2. The largest absolute Gasteiger partial charge is 0.454 e. The molecule has 0 amide bonds. The number of allylic oxidation sites excluding steroid dienone is 3. The van der Waals surface area contributed by atoms with Crippen LogP contribution in [-0.4, -0.2) is 46.1 Å². The summed E-state index contributed by atoms with van der Waals surface area (Å²) in [6.07, 6.45) is 4.19. The van der Waals surface area contributed by atoms with Crippen molar-refractivity contribution in [2.24, 2.45) is 5.92 Å². The summed E-state index contributed by atoms with van der Waals surface area (Å²) in [7, 11) is 0. The molecule has 1 fully saturated rings. The van der Waals surface area contributed by atoms with Gasteiger partial charge >= 0.3 is 11.9 Å². The molecule has 5 atom stereocenters. The molecule has 1 aliphatic carbocycles. The lowest BCUT2D eigenvalue weighted by molar-refractivity contribution is -0.158. The molecule has 0 aromatic carbocycles. The zero-order valence-electron chi connectivity index (χ0n) is 17.2. The van der Waals surface area contributed by atoms with Crippen LogP contribution in [0.2, 0.25) is 0 Å². The fourth-order valence-corrected chi connectivity index (χ4v) is 3.80. The Morgan fingerprint density at radius 1 is 1.32 bits per heavy atom. The zero-order chi connectivity index (χ0) is 21.1. The molecule has 1 saturated heterocycles. The average Bonchev–Trinajstić information content (AvgIpc) is 2.86. The Bertz CT molecular complexity index is 687. The van der Waals surface area contributed by atoms with E-state index in [-0.39, 0.29) is 12.0 Å². The minimum atomic E-state index is -1.32. The van der Waals surface area contributed by atoms with Crippen molar-refractivity contribution in [1.29, 1.82) is 0 Å². The van der Waals surface area contributed by atoms with Gasteiger partial charge in [0.25, 0.3) is 0 Å². The highest BCUT2D eigenvalue weighted by Crippen LogP contribution is 2.38. The molecule has 6 heteroatoms. The lowest BCUT2D eigenvalue weighted by atomic mass is 9.80. The van der Waals surface area contributed by atoms with Crippen molar-refractivity contribution in [2.45, 2.75) is 83.7 Å². The molecule has 1 heterocycles. The minimum absolute atomic E-state index is 0.0932. The SMILES string of the molecule is C=C1C(=O)O[C@@H]2[C@@H]1C[C@@H](O)[C@@](C)(O)CC/C=C(\C)CC/C=C(\C)[C@@H]2OC(C)=O. The summed E-state index contributed by atoms with van der Waals surface area (Å²) in [6.45, 7) is 10.6. The normalized spacial score (nSPS) is 38.9. The van der Waals surface area contributed by atoms with Crippen LogP contribution in [0.15, 0.2) is 35.5 Å². The molecule has 2 rings (SSSR count). The Morgan fingerprint density at radius 2 is 2.00 bits per heavy atom. The van der Waals surface area contributed by atoms with E-state index in [1.807, 2.05) is 19.9 Å². The van der Waals surface area contributed by atoms with Gasteiger partial charge in [0.1, 0.15) is 6.10 Å². The number of rotatable bonds is 1. The third-order valence-corrected chi connectivity index (χ3v) is 5.73. The summed E-state index contributed by atoms with van der Waals surface area (Å²) in [6, 6.07) is 0. The summed E-state index contributed by atoms with van der Waals surface area (Å²) in [5, 5.41) is 21.4. The highest BCUT2D eigenvalue weighted by atomic mass is 16.6. The summed E-state index contributed by atoms with van der Waals surface area (Å²) >= 11 is 0. The summed E-state index contributed by atoms with van der Waals surface area (Å²) < 4.78 is 11.0. The van der Waals surface area contributed by atoms with E-state index in [0.29, 0.717) is 12.8 Å². The highest BCUT2D eigenvalue weighted by Gasteiger charge is 2.47. The van der Waals surface area contributed by atoms with E-state index < -0.39 is 41.8 Å². The van der Waals surface area contributed by atoms with E-state index in [9.17, 15) is 19.8 Å². The van der Waals surface area contributed by atoms with Gasteiger partial charge in [0.15, 0.2) is 6.10 Å². The van der Waals surface area contributed by atoms with Crippen LogP contribution in [0.4, 0.5) is 0 Å². The molecule has 0 aromatic rings. The number of carbonyl (C=O) groups is 2. The predicted octanol–water partition coefficient (Wildman–Crippen LogP) is 2.98. The number of esters is 2. The first-order valence-electron chi connectivity index (χ1n) is 9.82. The van der Waals surface area contributed by atoms with Gasteiger partial charge in [-0.05, 0) is 58.4 Å². The van der Waals surface area contributed by atoms with Gasteiger partial charge in [0, 0.05) is 18.4 Å². The molecule has 156 valence electrons. The zero-order valence-corrected chi connectivity index (χ0v) is 17.2. The average molecular weight is 392 g/mol. The van der Waals surface area contributed by atoms with Gasteiger partial charge in [0.2, 0.25) is 0 Å². The quantitative estimate of drug-likeness (QED) is 0.405. The Balaban J connectivity index is 2.43. The molecule has 0 unspecified atom stereocenters. The molecule has 2 N–H and O–H groups in total. The molecular formula is C22H32O6. The van der Waals surface area contributed by atoms with E-state index >= 15 is 0 Å². The first kappa shape index (κ1) is 22.4. The monoisotopic (exact) mass is 392 g/mol. The van der Waals surface area contributed by atoms with Gasteiger partial charge in [-0.3, -0.25) is 4.79 Å². The van der Waals surface area contributed by atoms with Crippen LogP contribution in [0.1, 0.15) is 59.8 Å². The standard InChI is InChI=1S/C22H32O6/c1-13-8-6-10-14(2)19(27-16(4)23)20-17(15(3)21(25)28-20)12-18(24)22(5,26)11-7-9-13/h9-10,17-20,24,26H,3,6-8,11-12H2,1-2,4-5H3/b13-9+,14-10+/t17-,18-,19+,20-,22+/m1/s1. The maximum atomic E-state index is 12.2. The molecule has 2 aliphatic rings. The molecule has 28 heavy (non-hydrogen) atoms. The lowest BCUT2D eigenvalue weighted by Crippen LogP contribution is -2.43. The topological polar surface area (TPSA) is 93.1 Å². The number of ether oxygens (including phenoxy) is 2. The molecule has 1 aliphatic heterocycles. The van der Waals surface area contributed by atoms with Gasteiger partial charge in [-0.15, -0.1) is 0 Å². The van der Waals surface area contributed by atoms with Crippen LogP contribution >= 0.6 is 0 Å². The number of aliphatic hydroxyl groups is 2. The lowest BCUT2D eigenvalue weighted by Gasteiger charge is -2.33. The molecule has 0 spiro atoms. The van der Waals surface area contributed by atoms with Crippen molar-refractivity contribution < 1.29 is 29.3 Å². The maximum absolute atomic E-state index is 12.2. The van der Waals surface area contributed by atoms with Crippen LogP contribution in [0.25, 0.3) is 0 Å². The third-order valence-electron chi connectivity index (χ3n) is 5.73. The van der Waals surface area contributed by atoms with E-state index in [0.717, 1.165) is 18.4 Å². The highest BCUT2D eigenvalue weighted by molar-refractivity contribution is 5.91. The van der Waals surface area contributed by atoms with Crippen LogP contribution in [0.5, 0.6) is 0 Å². The molecule has 0 saturated carbocycles. The van der Waals surface area contributed by atoms with Crippen molar-refractivity contribution in [1.82, 2.24) is 0 Å². The second-order valence-electron chi connectivity index (χ2n) is 8.22. The van der Waals surface area contributed by atoms with Gasteiger partial charge in [-0.1, -0.05) is 24.3 Å². The molecular weight excluding hydrogens is 360 g/mol. The second kappa shape index (κ2) is 9.05. The molecule has 0 radical (unpaired) electrons. The Labute approximate surface area is 166 Å². The predicted molar refractivity (Wildman–Crippen MR) is 105 cm³/mol. The van der Waals surface area contributed by atoms with Crippen LogP contribution in [-0.2, 0) is 19.1 Å². The van der Waals surface area contributed by atoms with E-state index in [2.05, 4.69) is 12.7 Å². The van der Waals surface area contributed by atoms with Gasteiger partial charge in [0.05, 0.1) is 11.7 Å². The van der Waals surface area contributed by atoms with Crippen LogP contribution < -0.4 is 0 Å². The van der Waals surface area contributed by atoms with Crippen molar-refractivity contribution in [2.75, 3.05) is 0 Å². The van der Waals surface area contributed by atoms with E-state index in [1.54, 1.807) is 6.92 Å². The summed E-state index contributed by atoms with van der Waals surface area (Å²) in [5.41, 5.74) is 0.888. The van der Waals surface area contributed by atoms with E-state index in [1.165, 1.54) is 12.5 Å². The van der Waals surface area contributed by atoms with Crippen molar-refractivity contribution >= 4 is 11.9 Å². The molecule has 0 bridgehead atoms. The van der Waals surface area contributed by atoms with Crippen LogP contribution in [0, 0.1) is 5.92 Å². The second-order valence-corrected chi connectivity index (χ2v) is 8.22. The first-order chi connectivity index (χ1) is 13.0. The summed E-state index contributed by atoms with van der Waals surface area (Å²) in [5.74, 6) is -1.59. The first-order valence-corrected chi connectivity index (χ1v) is 9.82. The smallest absolute Gasteiger partial charge is 0.334 e. The third kappa shape index (κ3) is 5.32. The molecule has 6 nitrogen and oxygen atoms in total. The number of fused-ring (bicyclic) bond motifs is 1. The van der Waals surface area contributed by atoms with Gasteiger partial charge in [-0.25, -0.2) is 4.79 Å². The Morgan fingerprint density at radius 3 is 2.64 bits per heavy atom. The molecule has 0 aromatic heterocycles. The minimum Gasteiger partial charge on any atom is -0.454 e. The fraction of sp³-hybridized carbons (Fsp3) is 0.636. The fourth-order valence-electron chi connectivity index (χ4n) is 3.80. The van der Waals surface area contributed by atoms with Crippen molar-refractivity contribution in [3.8, 4) is 0 Å². The van der Waals surface area contributed by atoms with E-state index in [4.69, 9.17) is 9.47 Å². The number of carbonyl (C=O) groups excluding carboxylic acids is 2. The van der Waals surface area contributed by atoms with Crippen LogP contribution in [0.3, 0.4) is 0 Å². The van der Waals surface area contributed by atoms with Gasteiger partial charge < -0.3 is 19.7 Å². The Kier molecular flexibility index (Phi) is 7.23. The summed E-state index contributed by atoms with van der Waals surface area (Å²) in [4.78, 5) is 23.9. The number of hydrogen-bond acceptors (Lipinski definition) is 6. The maximum Gasteiger partial charge on any atom is 0.334 e. The number of aliphatic hydroxyl groups excluding tert-OH is 1. The van der Waals surface area contributed by atoms with Gasteiger partial charge in [-0.2, -0.15) is 0 Å².